The van der Waals surface area contributed by atoms with Crippen molar-refractivity contribution in [2.45, 2.75) is 6.54 Å². The molecule has 0 saturated carbocycles. The van der Waals surface area contributed by atoms with Crippen LogP contribution in [-0.4, -0.2) is 11.1 Å². The van der Waals surface area contributed by atoms with Crippen LogP contribution in [0.2, 0.25) is 0 Å². The highest BCUT2D eigenvalue weighted by Gasteiger charge is 2.07. The number of halogens is 1. The molecule has 0 saturated heterocycles. The Hall–Kier alpha value is -2.01. The van der Waals surface area contributed by atoms with Gasteiger partial charge >= 0.3 is 5.97 Å². The maximum atomic E-state index is 10.9. The van der Waals surface area contributed by atoms with Crippen LogP contribution in [0.4, 0.5) is 11.4 Å². The number of nitrogen functional groups attached to an aromatic ring is 1. The molecule has 0 aliphatic rings. The Morgan fingerprint density at radius 2 is 2.00 bits per heavy atom. The quantitative estimate of drug-likeness (QED) is 0.755. The van der Waals surface area contributed by atoms with Gasteiger partial charge in [0.2, 0.25) is 0 Å². The van der Waals surface area contributed by atoms with Crippen molar-refractivity contribution in [3.63, 3.8) is 0 Å². The monoisotopic (exact) mass is 320 g/mol. The average molecular weight is 321 g/mol. The van der Waals surface area contributed by atoms with Gasteiger partial charge in [0.05, 0.1) is 16.9 Å². The van der Waals surface area contributed by atoms with Crippen LogP contribution in [0.1, 0.15) is 15.9 Å². The highest BCUT2D eigenvalue weighted by atomic mass is 79.9. The van der Waals surface area contributed by atoms with Crippen molar-refractivity contribution in [3.05, 3.63) is 58.1 Å². The van der Waals surface area contributed by atoms with E-state index in [0.29, 0.717) is 17.9 Å². The molecule has 0 amide bonds. The van der Waals surface area contributed by atoms with Crippen molar-refractivity contribution in [2.75, 3.05) is 11.1 Å². The van der Waals surface area contributed by atoms with Gasteiger partial charge in [-0.15, -0.1) is 0 Å². The number of nitrogens with two attached hydrogens (primary N) is 1. The molecule has 5 heteroatoms. The Morgan fingerprint density at radius 3 is 2.68 bits per heavy atom. The van der Waals surface area contributed by atoms with Crippen molar-refractivity contribution in [3.8, 4) is 0 Å². The van der Waals surface area contributed by atoms with Crippen molar-refractivity contribution >= 4 is 33.3 Å². The molecule has 4 nitrogen and oxygen atoms in total. The summed E-state index contributed by atoms with van der Waals surface area (Å²) in [6, 6.07) is 12.4. The van der Waals surface area contributed by atoms with Gasteiger partial charge in [-0.1, -0.05) is 34.1 Å². The Balaban J connectivity index is 2.17. The average Bonchev–Trinajstić information content (AvgIpc) is 2.39. The Kier molecular flexibility index (Phi) is 4.06. The first-order chi connectivity index (χ1) is 9.08. The lowest BCUT2D eigenvalue weighted by Gasteiger charge is -2.11. The van der Waals surface area contributed by atoms with E-state index in [1.807, 2.05) is 24.3 Å². The molecule has 19 heavy (non-hydrogen) atoms. The van der Waals surface area contributed by atoms with Gasteiger partial charge in [-0.3, -0.25) is 0 Å². The van der Waals surface area contributed by atoms with E-state index in [9.17, 15) is 4.79 Å². The summed E-state index contributed by atoms with van der Waals surface area (Å²) in [6.07, 6.45) is 0. The summed E-state index contributed by atoms with van der Waals surface area (Å²) in [5.41, 5.74) is 8.25. The van der Waals surface area contributed by atoms with Crippen molar-refractivity contribution in [2.24, 2.45) is 0 Å². The number of carbonyl (C=O) groups is 1. The lowest BCUT2D eigenvalue weighted by atomic mass is 10.1. The summed E-state index contributed by atoms with van der Waals surface area (Å²) in [5, 5.41) is 12.1. The van der Waals surface area contributed by atoms with E-state index in [0.717, 1.165) is 10.0 Å². The first-order valence-corrected chi connectivity index (χ1v) is 6.47. The molecule has 0 heterocycles. The number of rotatable bonds is 4. The van der Waals surface area contributed by atoms with E-state index in [1.54, 1.807) is 6.07 Å². The second-order valence-corrected chi connectivity index (χ2v) is 4.91. The number of hydrogen-bond donors (Lipinski definition) is 3. The minimum atomic E-state index is -0.969. The summed E-state index contributed by atoms with van der Waals surface area (Å²) in [4.78, 5) is 10.9. The molecule has 2 rings (SSSR count). The first kappa shape index (κ1) is 13.4. The summed E-state index contributed by atoms with van der Waals surface area (Å²) in [6.45, 7) is 0.564. The standard InChI is InChI=1S/C14H13BrN2O2/c15-11-4-2-1-3-10(11)8-17-13-7-9(14(18)19)5-6-12(13)16/h1-7,17H,8,16H2,(H,18,19). The van der Waals surface area contributed by atoms with Crippen LogP contribution in [0.25, 0.3) is 0 Å². The van der Waals surface area contributed by atoms with E-state index in [1.165, 1.54) is 12.1 Å². The van der Waals surface area contributed by atoms with Gasteiger partial charge in [-0.05, 0) is 29.8 Å². The normalized spacial score (nSPS) is 10.2. The fourth-order valence-electron chi connectivity index (χ4n) is 1.67. The van der Waals surface area contributed by atoms with Crippen LogP contribution in [-0.2, 0) is 6.54 Å². The minimum Gasteiger partial charge on any atom is -0.478 e. The molecular weight excluding hydrogens is 308 g/mol. The van der Waals surface area contributed by atoms with Crippen molar-refractivity contribution in [1.29, 1.82) is 0 Å². The van der Waals surface area contributed by atoms with E-state index in [2.05, 4.69) is 21.2 Å². The van der Waals surface area contributed by atoms with Crippen LogP contribution in [0.5, 0.6) is 0 Å². The topological polar surface area (TPSA) is 75.4 Å². The van der Waals surface area contributed by atoms with Crippen LogP contribution < -0.4 is 11.1 Å². The summed E-state index contributed by atoms with van der Waals surface area (Å²) < 4.78 is 0.996. The van der Waals surface area contributed by atoms with Gasteiger partial charge < -0.3 is 16.2 Å². The SMILES string of the molecule is Nc1ccc(C(=O)O)cc1NCc1ccccc1Br. The van der Waals surface area contributed by atoms with Gasteiger partial charge in [0.15, 0.2) is 0 Å². The van der Waals surface area contributed by atoms with E-state index in [-0.39, 0.29) is 5.56 Å². The maximum absolute atomic E-state index is 10.9. The fourth-order valence-corrected chi connectivity index (χ4v) is 2.10. The number of carboxylic acids is 1. The third kappa shape index (κ3) is 3.26. The van der Waals surface area contributed by atoms with Gasteiger partial charge in [-0.2, -0.15) is 0 Å². The lowest BCUT2D eigenvalue weighted by molar-refractivity contribution is 0.0697. The number of hydrogen-bond acceptors (Lipinski definition) is 3. The molecule has 0 aliphatic carbocycles. The molecule has 0 radical (unpaired) electrons. The van der Waals surface area contributed by atoms with E-state index >= 15 is 0 Å². The molecular formula is C14H13BrN2O2. The highest BCUT2D eigenvalue weighted by Crippen LogP contribution is 2.22. The van der Waals surface area contributed by atoms with E-state index in [4.69, 9.17) is 10.8 Å². The molecule has 0 atom stereocenters. The number of aromatic carboxylic acids is 1. The third-order valence-electron chi connectivity index (χ3n) is 2.73. The van der Waals surface area contributed by atoms with Crippen LogP contribution in [0.3, 0.4) is 0 Å². The smallest absolute Gasteiger partial charge is 0.335 e. The third-order valence-corrected chi connectivity index (χ3v) is 3.50. The zero-order valence-corrected chi connectivity index (χ0v) is 11.6. The first-order valence-electron chi connectivity index (χ1n) is 5.68. The number of anilines is 2. The fraction of sp³-hybridized carbons (Fsp3) is 0.0714. The van der Waals surface area contributed by atoms with Crippen LogP contribution >= 0.6 is 15.9 Å². The summed E-state index contributed by atoms with van der Waals surface area (Å²) in [5.74, 6) is -0.969. The number of nitrogens with one attached hydrogen (secondary N) is 1. The van der Waals surface area contributed by atoms with Crippen molar-refractivity contribution in [1.82, 2.24) is 0 Å². The summed E-state index contributed by atoms with van der Waals surface area (Å²) >= 11 is 3.46. The van der Waals surface area contributed by atoms with Crippen LogP contribution in [0.15, 0.2) is 46.9 Å². The number of carboxylic acid groups (broad SMARTS) is 1. The predicted octanol–water partition coefficient (Wildman–Crippen LogP) is 3.34. The molecule has 4 N–H and O–H groups in total. The maximum Gasteiger partial charge on any atom is 0.335 e. The van der Waals surface area contributed by atoms with Crippen LogP contribution in [0, 0.1) is 0 Å². The lowest BCUT2D eigenvalue weighted by Crippen LogP contribution is -2.05. The Morgan fingerprint density at radius 1 is 1.26 bits per heavy atom. The molecule has 0 unspecified atom stereocenters. The van der Waals surface area contributed by atoms with E-state index < -0.39 is 5.97 Å². The van der Waals surface area contributed by atoms with Gasteiger partial charge in [0.25, 0.3) is 0 Å². The molecule has 0 bridgehead atoms. The molecule has 0 aliphatic heterocycles. The zero-order valence-electron chi connectivity index (χ0n) is 10.1. The second kappa shape index (κ2) is 5.75. The van der Waals surface area contributed by atoms with Gasteiger partial charge in [0, 0.05) is 11.0 Å². The minimum absolute atomic E-state index is 0.212. The molecule has 98 valence electrons. The number of benzene rings is 2. The van der Waals surface area contributed by atoms with Gasteiger partial charge in [-0.25, -0.2) is 4.79 Å². The second-order valence-electron chi connectivity index (χ2n) is 4.05. The Bertz CT molecular complexity index is 614. The predicted molar refractivity (Wildman–Crippen MR) is 79.3 cm³/mol. The highest BCUT2D eigenvalue weighted by molar-refractivity contribution is 9.10. The van der Waals surface area contributed by atoms with Crippen molar-refractivity contribution < 1.29 is 9.90 Å². The molecule has 0 fully saturated rings. The van der Waals surface area contributed by atoms with Gasteiger partial charge in [0.1, 0.15) is 0 Å². The molecule has 0 spiro atoms. The Labute approximate surface area is 119 Å². The zero-order chi connectivity index (χ0) is 13.8. The molecule has 2 aromatic carbocycles. The molecule has 2 aromatic rings. The summed E-state index contributed by atoms with van der Waals surface area (Å²) in [7, 11) is 0. The largest absolute Gasteiger partial charge is 0.478 e. The molecule has 0 aromatic heterocycles.